The molecule has 0 aromatic rings. The molecule has 0 N–H and O–H groups in total. The maximum Gasteiger partial charge on any atom is 0.0189 e. The number of hydrogen-bond donors (Lipinski definition) is 0. The molecular formula is C10H17Cl. The van der Waals surface area contributed by atoms with Gasteiger partial charge in [-0.15, -0.1) is 0 Å². The lowest BCUT2D eigenvalue weighted by molar-refractivity contribution is 0.720. The van der Waals surface area contributed by atoms with E-state index in [1.807, 2.05) is 19.9 Å². The van der Waals surface area contributed by atoms with Crippen molar-refractivity contribution in [2.24, 2.45) is 5.92 Å². The van der Waals surface area contributed by atoms with Crippen molar-refractivity contribution in [3.8, 4) is 0 Å². The molecule has 1 atom stereocenters. The molecule has 1 unspecified atom stereocenters. The van der Waals surface area contributed by atoms with E-state index < -0.39 is 0 Å². The quantitative estimate of drug-likeness (QED) is 0.516. The molecule has 0 heterocycles. The van der Waals surface area contributed by atoms with Gasteiger partial charge in [-0.2, -0.15) is 0 Å². The van der Waals surface area contributed by atoms with Gasteiger partial charge >= 0.3 is 0 Å². The van der Waals surface area contributed by atoms with Gasteiger partial charge < -0.3 is 0 Å². The van der Waals surface area contributed by atoms with Crippen LogP contribution in [0.2, 0.25) is 0 Å². The van der Waals surface area contributed by atoms with E-state index in [-0.39, 0.29) is 0 Å². The summed E-state index contributed by atoms with van der Waals surface area (Å²) in [6.07, 6.45) is 5.28. The summed E-state index contributed by atoms with van der Waals surface area (Å²) in [5, 5.41) is 0.988. The summed E-state index contributed by atoms with van der Waals surface area (Å²) in [5.41, 5.74) is 1.29. The number of allylic oxidation sites excluding steroid dienone is 4. The number of halogens is 1. The van der Waals surface area contributed by atoms with Gasteiger partial charge in [-0.25, -0.2) is 0 Å². The Morgan fingerprint density at radius 2 is 2.00 bits per heavy atom. The third-order valence-electron chi connectivity index (χ3n) is 1.45. The van der Waals surface area contributed by atoms with E-state index in [4.69, 9.17) is 11.6 Å². The maximum absolute atomic E-state index is 5.83. The fourth-order valence-corrected chi connectivity index (χ4v) is 1.58. The first-order valence-corrected chi connectivity index (χ1v) is 4.61. The Balaban J connectivity index is 0.000000461. The summed E-state index contributed by atoms with van der Waals surface area (Å²) in [6.45, 7) is 8.26. The third kappa shape index (κ3) is 4.26. The standard InChI is InChI=1S/C8H11Cl.C2H6/c1-6-3-7(2)5-8(9)4-6;1-2/h3-4,7H,5H2,1-2H3;1-2H3. The fourth-order valence-electron chi connectivity index (χ4n) is 1.17. The minimum absolute atomic E-state index is 0.627. The molecule has 0 saturated carbocycles. The van der Waals surface area contributed by atoms with Crippen LogP contribution < -0.4 is 0 Å². The van der Waals surface area contributed by atoms with Crippen molar-refractivity contribution < 1.29 is 0 Å². The molecule has 0 aromatic carbocycles. The first kappa shape index (κ1) is 10.8. The van der Waals surface area contributed by atoms with Crippen LogP contribution in [0.4, 0.5) is 0 Å². The first-order chi connectivity index (χ1) is 5.18. The Bertz CT molecular complexity index is 166. The van der Waals surface area contributed by atoms with Crippen LogP contribution in [0.15, 0.2) is 22.8 Å². The van der Waals surface area contributed by atoms with Crippen molar-refractivity contribution in [1.29, 1.82) is 0 Å². The minimum Gasteiger partial charge on any atom is -0.0891 e. The van der Waals surface area contributed by atoms with Crippen LogP contribution in [0, 0.1) is 5.92 Å². The van der Waals surface area contributed by atoms with Crippen molar-refractivity contribution in [3.63, 3.8) is 0 Å². The Kier molecular flexibility index (Phi) is 5.31. The molecule has 64 valence electrons. The average Bonchev–Trinajstić information content (AvgIpc) is 1.88. The lowest BCUT2D eigenvalue weighted by atomic mass is 9.99. The van der Waals surface area contributed by atoms with E-state index in [9.17, 15) is 0 Å². The molecule has 0 nitrogen and oxygen atoms in total. The number of hydrogen-bond acceptors (Lipinski definition) is 0. The Morgan fingerprint density at radius 3 is 2.36 bits per heavy atom. The first-order valence-electron chi connectivity index (χ1n) is 4.23. The summed E-state index contributed by atoms with van der Waals surface area (Å²) >= 11 is 5.83. The van der Waals surface area contributed by atoms with E-state index in [0.717, 1.165) is 11.5 Å². The molecule has 0 radical (unpaired) electrons. The summed E-state index contributed by atoms with van der Waals surface area (Å²) in [7, 11) is 0. The van der Waals surface area contributed by atoms with Gasteiger partial charge in [-0.05, 0) is 25.3 Å². The molecule has 0 saturated heterocycles. The van der Waals surface area contributed by atoms with Crippen molar-refractivity contribution in [1.82, 2.24) is 0 Å². The van der Waals surface area contributed by atoms with Crippen molar-refractivity contribution >= 4 is 11.6 Å². The van der Waals surface area contributed by atoms with Gasteiger partial charge in [0.25, 0.3) is 0 Å². The summed E-state index contributed by atoms with van der Waals surface area (Å²) in [6, 6.07) is 0. The van der Waals surface area contributed by atoms with E-state index in [2.05, 4.69) is 19.9 Å². The van der Waals surface area contributed by atoms with Crippen LogP contribution in [0.1, 0.15) is 34.1 Å². The molecule has 0 fully saturated rings. The molecule has 11 heavy (non-hydrogen) atoms. The van der Waals surface area contributed by atoms with Gasteiger partial charge in [-0.3, -0.25) is 0 Å². The molecule has 1 heteroatoms. The smallest absolute Gasteiger partial charge is 0.0189 e. The van der Waals surface area contributed by atoms with E-state index in [1.165, 1.54) is 5.57 Å². The van der Waals surface area contributed by atoms with Crippen LogP contribution in [0.5, 0.6) is 0 Å². The van der Waals surface area contributed by atoms with Crippen molar-refractivity contribution in [2.75, 3.05) is 0 Å². The summed E-state index contributed by atoms with van der Waals surface area (Å²) < 4.78 is 0. The normalized spacial score (nSPS) is 22.8. The van der Waals surface area contributed by atoms with Crippen LogP contribution >= 0.6 is 11.6 Å². The maximum atomic E-state index is 5.83. The topological polar surface area (TPSA) is 0 Å². The third-order valence-corrected chi connectivity index (χ3v) is 1.71. The zero-order chi connectivity index (χ0) is 8.85. The van der Waals surface area contributed by atoms with Gasteiger partial charge in [0.1, 0.15) is 0 Å². The minimum atomic E-state index is 0.627. The molecule has 0 spiro atoms. The second kappa shape index (κ2) is 5.42. The summed E-state index contributed by atoms with van der Waals surface area (Å²) in [4.78, 5) is 0. The van der Waals surface area contributed by atoms with Gasteiger partial charge in [0.2, 0.25) is 0 Å². The van der Waals surface area contributed by atoms with Crippen LogP contribution in [-0.2, 0) is 0 Å². The highest BCUT2D eigenvalue weighted by atomic mass is 35.5. The van der Waals surface area contributed by atoms with Crippen LogP contribution in [-0.4, -0.2) is 0 Å². The molecule has 0 bridgehead atoms. The summed E-state index contributed by atoms with van der Waals surface area (Å²) in [5.74, 6) is 0.627. The van der Waals surface area contributed by atoms with Crippen LogP contribution in [0.25, 0.3) is 0 Å². The molecule has 0 aromatic heterocycles. The molecule has 0 amide bonds. The van der Waals surface area contributed by atoms with E-state index >= 15 is 0 Å². The average molecular weight is 173 g/mol. The van der Waals surface area contributed by atoms with Gasteiger partial charge in [-0.1, -0.05) is 44.0 Å². The van der Waals surface area contributed by atoms with Crippen molar-refractivity contribution in [2.45, 2.75) is 34.1 Å². The lowest BCUT2D eigenvalue weighted by Gasteiger charge is -2.11. The monoisotopic (exact) mass is 172 g/mol. The molecule has 0 aliphatic heterocycles. The Morgan fingerprint density at radius 1 is 1.45 bits per heavy atom. The second-order valence-electron chi connectivity index (χ2n) is 2.68. The van der Waals surface area contributed by atoms with E-state index in [1.54, 1.807) is 0 Å². The second-order valence-corrected chi connectivity index (χ2v) is 3.17. The SMILES string of the molecule is CC.CC1=CC(C)CC(Cl)=C1. The lowest BCUT2D eigenvalue weighted by Crippen LogP contribution is -1.95. The zero-order valence-corrected chi connectivity index (χ0v) is 8.57. The highest BCUT2D eigenvalue weighted by molar-refractivity contribution is 6.29. The van der Waals surface area contributed by atoms with Crippen molar-refractivity contribution in [3.05, 3.63) is 22.8 Å². The molecule has 1 rings (SSSR count). The Labute approximate surface area is 74.9 Å². The highest BCUT2D eigenvalue weighted by Crippen LogP contribution is 2.24. The highest BCUT2D eigenvalue weighted by Gasteiger charge is 2.05. The predicted molar refractivity (Wildman–Crippen MR) is 52.8 cm³/mol. The number of rotatable bonds is 0. The van der Waals surface area contributed by atoms with Gasteiger partial charge in [0.05, 0.1) is 0 Å². The molecule has 1 aliphatic carbocycles. The van der Waals surface area contributed by atoms with Gasteiger partial charge in [0, 0.05) is 5.03 Å². The van der Waals surface area contributed by atoms with Crippen LogP contribution in [0.3, 0.4) is 0 Å². The predicted octanol–water partition coefficient (Wildman–Crippen LogP) is 4.12. The Hall–Kier alpha value is -0.230. The molecular weight excluding hydrogens is 156 g/mol. The van der Waals surface area contributed by atoms with Gasteiger partial charge in [0.15, 0.2) is 0 Å². The largest absolute Gasteiger partial charge is 0.0891 e. The van der Waals surface area contributed by atoms with E-state index in [0.29, 0.717) is 5.92 Å². The zero-order valence-electron chi connectivity index (χ0n) is 7.82. The molecule has 1 aliphatic rings. The fraction of sp³-hybridized carbons (Fsp3) is 0.600.